The number of amides is 3. The average Bonchev–Trinajstić information content (AvgIpc) is 3.88. The summed E-state index contributed by atoms with van der Waals surface area (Å²) in [5, 5.41) is 0. The van der Waals surface area contributed by atoms with E-state index in [0.29, 0.717) is 55.9 Å². The average molecular weight is 752 g/mol. The minimum absolute atomic E-state index is 0.0515. The van der Waals surface area contributed by atoms with Crippen molar-refractivity contribution in [2.24, 2.45) is 5.92 Å². The highest BCUT2D eigenvalue weighted by atomic mass is 79.9. The van der Waals surface area contributed by atoms with Gasteiger partial charge in [0.05, 0.1) is 11.5 Å². The monoisotopic (exact) mass is 750 g/mol. The number of benzene rings is 2. The molecule has 3 fully saturated rings. The van der Waals surface area contributed by atoms with Crippen LogP contribution in [0.5, 0.6) is 5.75 Å². The summed E-state index contributed by atoms with van der Waals surface area (Å²) >= 11 is 3.15. The Morgan fingerprint density at radius 2 is 1.57 bits per heavy atom. The maximum atomic E-state index is 13.9. The molecule has 0 aromatic heterocycles. The number of alkyl halides is 3. The summed E-state index contributed by atoms with van der Waals surface area (Å²) < 4.78 is 53.7. The second kappa shape index (κ2) is 14.4. The number of piperazine rings is 1. The van der Waals surface area contributed by atoms with Crippen LogP contribution in [0.1, 0.15) is 71.4 Å². The molecule has 2 heterocycles. The Hall–Kier alpha value is -3.48. The van der Waals surface area contributed by atoms with Crippen LogP contribution in [0, 0.1) is 5.92 Å². The van der Waals surface area contributed by atoms with E-state index in [1.807, 2.05) is 39.0 Å². The molecular formula is C36H46BrF3N4O5. The van der Waals surface area contributed by atoms with Gasteiger partial charge in [-0.05, 0) is 90.1 Å². The summed E-state index contributed by atoms with van der Waals surface area (Å²) in [5.74, 6) is -0.161. The third kappa shape index (κ3) is 9.40. The van der Waals surface area contributed by atoms with Gasteiger partial charge in [0, 0.05) is 68.1 Å². The predicted molar refractivity (Wildman–Crippen MR) is 183 cm³/mol. The van der Waals surface area contributed by atoms with Gasteiger partial charge in [0.25, 0.3) is 5.91 Å². The number of carbonyl (C=O) groups is 3. The Balaban J connectivity index is 1.21. The van der Waals surface area contributed by atoms with Crippen LogP contribution < -0.4 is 9.64 Å². The fourth-order valence-corrected chi connectivity index (χ4v) is 6.80. The quantitative estimate of drug-likeness (QED) is 0.286. The van der Waals surface area contributed by atoms with Crippen molar-refractivity contribution in [2.45, 2.75) is 90.3 Å². The van der Waals surface area contributed by atoms with Crippen LogP contribution in [0.2, 0.25) is 0 Å². The first kappa shape index (κ1) is 36.8. The standard InChI is InChI=1S/C36H46BrF3N4O5/c1-34(2,3)49-33(47)42-18-16-41(17-19-42)32(46)35(4,5)48-29-10-6-9-28(21-29)43-15-7-8-25(22-43)31(45)44(27-13-14-27)23-24-11-12-26(37)20-30(24)36(38,39)40/h6,9-12,20-21,25,27H,7-8,13-19,22-23H2,1-5H3/t25-/m1/s1. The largest absolute Gasteiger partial charge is 0.478 e. The molecule has 2 aromatic carbocycles. The molecule has 3 aliphatic rings. The molecule has 9 nitrogen and oxygen atoms in total. The van der Waals surface area contributed by atoms with Crippen molar-refractivity contribution in [1.82, 2.24) is 14.7 Å². The highest BCUT2D eigenvalue weighted by molar-refractivity contribution is 9.10. The topological polar surface area (TPSA) is 82.6 Å². The first-order chi connectivity index (χ1) is 22.9. The number of halogens is 4. The van der Waals surface area contributed by atoms with E-state index in [0.717, 1.165) is 31.0 Å². The lowest BCUT2D eigenvalue weighted by Crippen LogP contribution is -2.57. The first-order valence-electron chi connectivity index (χ1n) is 16.9. The molecule has 1 atom stereocenters. The van der Waals surface area contributed by atoms with Crippen molar-refractivity contribution < 1.29 is 37.0 Å². The number of nitrogens with zero attached hydrogens (tertiary/aromatic N) is 4. The zero-order valence-electron chi connectivity index (χ0n) is 28.8. The number of anilines is 1. The van der Waals surface area contributed by atoms with E-state index in [2.05, 4.69) is 20.8 Å². The second-order valence-corrected chi connectivity index (χ2v) is 15.6. The summed E-state index contributed by atoms with van der Waals surface area (Å²) in [6.45, 7) is 11.4. The molecule has 13 heteroatoms. The van der Waals surface area contributed by atoms with Gasteiger partial charge in [0.1, 0.15) is 11.4 Å². The molecule has 2 saturated heterocycles. The van der Waals surface area contributed by atoms with E-state index in [1.54, 1.807) is 40.7 Å². The predicted octanol–water partition coefficient (Wildman–Crippen LogP) is 7.11. The lowest BCUT2D eigenvalue weighted by molar-refractivity contribution is -0.147. The summed E-state index contributed by atoms with van der Waals surface area (Å²) in [7, 11) is 0. The molecule has 0 spiro atoms. The molecule has 5 rings (SSSR count). The molecule has 0 radical (unpaired) electrons. The van der Waals surface area contributed by atoms with Crippen LogP contribution in [0.4, 0.5) is 23.7 Å². The SMILES string of the molecule is CC(C)(C)OC(=O)N1CCN(C(=O)C(C)(C)Oc2cccc(N3CCC[C@@H](C(=O)N(Cc4ccc(Br)cc4C(F)(F)F)C4CC4)C3)c2)CC1. The number of carbonyl (C=O) groups excluding carboxylic acids is 3. The maximum absolute atomic E-state index is 13.9. The van der Waals surface area contributed by atoms with E-state index >= 15 is 0 Å². The smallest absolute Gasteiger partial charge is 0.416 e. The number of piperidine rings is 1. The Bertz CT molecular complexity index is 1530. The van der Waals surface area contributed by atoms with Gasteiger partial charge in [0.15, 0.2) is 5.60 Å². The molecule has 0 bridgehead atoms. The molecule has 2 aromatic rings. The van der Waals surface area contributed by atoms with Gasteiger partial charge in [-0.15, -0.1) is 0 Å². The molecule has 2 aliphatic heterocycles. The van der Waals surface area contributed by atoms with Gasteiger partial charge in [-0.3, -0.25) is 9.59 Å². The van der Waals surface area contributed by atoms with Gasteiger partial charge in [-0.2, -0.15) is 13.2 Å². The highest BCUT2D eigenvalue weighted by Crippen LogP contribution is 2.38. The van der Waals surface area contributed by atoms with Crippen LogP contribution in [-0.4, -0.2) is 89.1 Å². The lowest BCUT2D eigenvalue weighted by atomic mass is 9.95. The fraction of sp³-hybridized carbons (Fsp3) is 0.583. The van der Waals surface area contributed by atoms with Crippen molar-refractivity contribution in [3.63, 3.8) is 0 Å². The van der Waals surface area contributed by atoms with Crippen molar-refractivity contribution in [2.75, 3.05) is 44.2 Å². The van der Waals surface area contributed by atoms with Crippen molar-refractivity contribution in [1.29, 1.82) is 0 Å². The minimum atomic E-state index is -4.53. The van der Waals surface area contributed by atoms with Crippen LogP contribution in [0.3, 0.4) is 0 Å². The van der Waals surface area contributed by atoms with Gasteiger partial charge in [-0.1, -0.05) is 28.1 Å². The van der Waals surface area contributed by atoms with Crippen LogP contribution in [-0.2, 0) is 27.0 Å². The van der Waals surface area contributed by atoms with E-state index < -0.39 is 29.0 Å². The fourth-order valence-electron chi connectivity index (χ4n) is 6.44. The maximum Gasteiger partial charge on any atom is 0.416 e. The van der Waals surface area contributed by atoms with Crippen LogP contribution >= 0.6 is 15.9 Å². The van der Waals surface area contributed by atoms with Crippen molar-refractivity contribution in [3.05, 3.63) is 58.1 Å². The summed E-state index contributed by atoms with van der Waals surface area (Å²) in [6, 6.07) is 11.5. The third-order valence-electron chi connectivity index (χ3n) is 9.05. The van der Waals surface area contributed by atoms with Gasteiger partial charge in [0.2, 0.25) is 5.91 Å². The Labute approximate surface area is 294 Å². The summed E-state index contributed by atoms with van der Waals surface area (Å²) in [5.41, 5.74) is -1.57. The normalized spacial score (nSPS) is 19.0. The number of rotatable bonds is 8. The van der Waals surface area contributed by atoms with Gasteiger partial charge < -0.3 is 29.1 Å². The molecule has 1 saturated carbocycles. The molecule has 49 heavy (non-hydrogen) atoms. The Kier molecular flexibility index (Phi) is 10.8. The van der Waals surface area contributed by atoms with Crippen LogP contribution in [0.15, 0.2) is 46.9 Å². The molecule has 1 aliphatic carbocycles. The molecule has 268 valence electrons. The van der Waals surface area contributed by atoms with Crippen molar-refractivity contribution in [3.8, 4) is 5.75 Å². The molecule has 0 N–H and O–H groups in total. The second-order valence-electron chi connectivity index (χ2n) is 14.7. The third-order valence-corrected chi connectivity index (χ3v) is 9.54. The van der Waals surface area contributed by atoms with Crippen molar-refractivity contribution >= 4 is 39.5 Å². The van der Waals surface area contributed by atoms with Gasteiger partial charge >= 0.3 is 12.3 Å². The zero-order valence-corrected chi connectivity index (χ0v) is 30.4. The highest BCUT2D eigenvalue weighted by Gasteiger charge is 2.41. The zero-order chi connectivity index (χ0) is 35.7. The van der Waals surface area contributed by atoms with E-state index in [1.165, 1.54) is 6.07 Å². The number of hydrogen-bond acceptors (Lipinski definition) is 6. The number of hydrogen-bond donors (Lipinski definition) is 0. The Morgan fingerprint density at radius 3 is 2.20 bits per heavy atom. The number of ether oxygens (including phenoxy) is 2. The Morgan fingerprint density at radius 1 is 0.898 bits per heavy atom. The molecule has 3 amide bonds. The van der Waals surface area contributed by atoms with E-state index in [9.17, 15) is 27.6 Å². The molecule has 0 unspecified atom stereocenters. The summed E-state index contributed by atoms with van der Waals surface area (Å²) in [6.07, 6.45) is -1.94. The first-order valence-corrected chi connectivity index (χ1v) is 17.7. The summed E-state index contributed by atoms with van der Waals surface area (Å²) in [4.78, 5) is 46.9. The van der Waals surface area contributed by atoms with E-state index in [4.69, 9.17) is 9.47 Å². The van der Waals surface area contributed by atoms with E-state index in [-0.39, 0.29) is 35.9 Å². The lowest BCUT2D eigenvalue weighted by Gasteiger charge is -2.39. The molecular weight excluding hydrogens is 705 g/mol. The minimum Gasteiger partial charge on any atom is -0.478 e. The van der Waals surface area contributed by atoms with Crippen LogP contribution in [0.25, 0.3) is 0 Å². The van der Waals surface area contributed by atoms with Gasteiger partial charge in [-0.25, -0.2) is 4.79 Å².